The molecule has 2 aromatic rings. The second-order valence-corrected chi connectivity index (χ2v) is 8.07. The Hall–Kier alpha value is -1.61. The van der Waals surface area contributed by atoms with Gasteiger partial charge in [0.05, 0.1) is 6.04 Å². The highest BCUT2D eigenvalue weighted by Crippen LogP contribution is 2.25. The third kappa shape index (κ3) is 4.03. The lowest BCUT2D eigenvalue weighted by atomic mass is 10.2. The van der Waals surface area contributed by atoms with Gasteiger partial charge in [-0.05, 0) is 34.0 Å². The molecular weight excluding hydrogens is 336 g/mol. The van der Waals surface area contributed by atoms with Crippen molar-refractivity contribution in [1.82, 2.24) is 19.9 Å². The van der Waals surface area contributed by atoms with Gasteiger partial charge in [-0.25, -0.2) is 14.8 Å². The van der Waals surface area contributed by atoms with Gasteiger partial charge in [0.15, 0.2) is 14.7 Å². The van der Waals surface area contributed by atoms with E-state index in [1.54, 1.807) is 34.7 Å². The summed E-state index contributed by atoms with van der Waals surface area (Å²) < 4.78 is 7.43. The number of nitrogens with zero attached hydrogens (tertiary/aromatic N) is 3. The van der Waals surface area contributed by atoms with Gasteiger partial charge in [0.25, 0.3) is 5.56 Å². The van der Waals surface area contributed by atoms with Gasteiger partial charge in [0.1, 0.15) is 11.4 Å². The van der Waals surface area contributed by atoms with Crippen LogP contribution in [0.2, 0.25) is 0 Å². The molecule has 0 aliphatic carbocycles. The average Bonchev–Trinajstić information content (AvgIpc) is 2.83. The summed E-state index contributed by atoms with van der Waals surface area (Å²) in [6, 6.07) is -0.466. The van der Waals surface area contributed by atoms with Crippen molar-refractivity contribution >= 4 is 39.5 Å². The Morgan fingerprint density at radius 3 is 2.61 bits per heavy atom. The monoisotopic (exact) mass is 356 g/mol. The Labute approximate surface area is 142 Å². The van der Waals surface area contributed by atoms with Crippen molar-refractivity contribution < 1.29 is 9.53 Å². The van der Waals surface area contributed by atoms with Crippen molar-refractivity contribution in [1.29, 1.82) is 0 Å². The number of thioether (sulfide) groups is 1. The molecule has 0 fully saturated rings. The molecule has 0 saturated carbocycles. The van der Waals surface area contributed by atoms with Crippen LogP contribution in [0.15, 0.2) is 9.13 Å². The molecule has 0 aliphatic rings. The molecule has 1 amide bonds. The van der Waals surface area contributed by atoms with Crippen LogP contribution in [0.4, 0.5) is 4.79 Å². The molecule has 7 nitrogen and oxygen atoms in total. The van der Waals surface area contributed by atoms with Gasteiger partial charge in [-0.15, -0.1) is 0 Å². The topological polar surface area (TPSA) is 86.1 Å². The van der Waals surface area contributed by atoms with Gasteiger partial charge in [0.2, 0.25) is 0 Å². The lowest BCUT2D eigenvalue weighted by Crippen LogP contribution is -2.36. The molecule has 9 heteroatoms. The number of hydrogen-bond donors (Lipinski definition) is 1. The van der Waals surface area contributed by atoms with Crippen molar-refractivity contribution in [3.63, 3.8) is 0 Å². The molecule has 23 heavy (non-hydrogen) atoms. The third-order valence-corrected chi connectivity index (χ3v) is 4.89. The first-order valence-electron chi connectivity index (χ1n) is 7.03. The lowest BCUT2D eigenvalue weighted by Gasteiger charge is -2.22. The molecule has 0 radical (unpaired) electrons. The molecule has 0 bridgehead atoms. The lowest BCUT2D eigenvalue weighted by molar-refractivity contribution is 0.0505. The van der Waals surface area contributed by atoms with Crippen molar-refractivity contribution in [2.75, 3.05) is 6.26 Å². The van der Waals surface area contributed by atoms with E-state index in [2.05, 4.69) is 15.3 Å². The van der Waals surface area contributed by atoms with Crippen molar-refractivity contribution in [3.05, 3.63) is 16.2 Å². The molecule has 0 unspecified atom stereocenters. The van der Waals surface area contributed by atoms with Crippen LogP contribution in [0.5, 0.6) is 0 Å². The minimum Gasteiger partial charge on any atom is -0.444 e. The summed E-state index contributed by atoms with van der Waals surface area (Å²) >= 11 is 2.83. The summed E-state index contributed by atoms with van der Waals surface area (Å²) in [6.45, 7) is 7.13. The van der Waals surface area contributed by atoms with Crippen LogP contribution in [-0.2, 0) is 11.8 Å². The zero-order chi connectivity index (χ0) is 17.4. The molecule has 0 spiro atoms. The van der Waals surface area contributed by atoms with Crippen LogP contribution in [0.1, 0.15) is 39.6 Å². The number of ether oxygens (including phenoxy) is 1. The van der Waals surface area contributed by atoms with E-state index in [4.69, 9.17) is 4.74 Å². The summed E-state index contributed by atoms with van der Waals surface area (Å²) in [5.41, 5.74) is -0.452. The molecule has 1 N–H and O–H groups in total. The number of carbonyl (C=O) groups is 1. The Bertz CT molecular complexity index is 792. The van der Waals surface area contributed by atoms with E-state index in [9.17, 15) is 9.59 Å². The highest BCUT2D eigenvalue weighted by atomic mass is 32.2. The molecule has 1 atom stereocenters. The molecule has 2 rings (SSSR count). The normalized spacial score (nSPS) is 13.1. The first-order chi connectivity index (χ1) is 10.6. The second-order valence-electron chi connectivity index (χ2n) is 6.04. The second kappa shape index (κ2) is 6.48. The summed E-state index contributed by atoms with van der Waals surface area (Å²) in [5, 5.41) is 2.70. The van der Waals surface area contributed by atoms with Gasteiger partial charge in [-0.1, -0.05) is 23.1 Å². The number of nitrogens with one attached hydrogen (secondary N) is 1. The van der Waals surface area contributed by atoms with E-state index in [1.807, 2.05) is 6.26 Å². The van der Waals surface area contributed by atoms with Crippen LogP contribution in [0.25, 0.3) is 10.3 Å². The van der Waals surface area contributed by atoms with Crippen molar-refractivity contribution in [2.24, 2.45) is 7.05 Å². The van der Waals surface area contributed by atoms with Gasteiger partial charge >= 0.3 is 6.09 Å². The first-order valence-corrected chi connectivity index (χ1v) is 9.07. The van der Waals surface area contributed by atoms with Crippen molar-refractivity contribution in [2.45, 2.75) is 43.7 Å². The third-order valence-electron chi connectivity index (χ3n) is 2.95. The fourth-order valence-corrected chi connectivity index (χ4v) is 3.40. The number of aromatic nitrogens is 3. The van der Waals surface area contributed by atoms with E-state index in [0.29, 0.717) is 16.2 Å². The van der Waals surface area contributed by atoms with Crippen LogP contribution in [0, 0.1) is 0 Å². The Balaban J connectivity index is 2.33. The molecule has 2 heterocycles. The number of carbonyl (C=O) groups excluding carboxylic acids is 1. The number of thiazole rings is 1. The molecule has 0 saturated heterocycles. The standard InChI is InChI=1S/C14H20N4O3S2/c1-7(15-12(20)21-14(2,3)4)9-17-10-8(11(19)18(9)5)16-13(22-6)23-10/h7H,1-6H3,(H,15,20)/t7-/m1/s1. The number of fused-ring (bicyclic) bond motifs is 1. The number of amides is 1. The smallest absolute Gasteiger partial charge is 0.408 e. The fourth-order valence-electron chi connectivity index (χ4n) is 1.97. The average molecular weight is 356 g/mol. The van der Waals surface area contributed by atoms with E-state index >= 15 is 0 Å². The van der Waals surface area contributed by atoms with Crippen molar-refractivity contribution in [3.8, 4) is 0 Å². The summed E-state index contributed by atoms with van der Waals surface area (Å²) in [4.78, 5) is 33.6. The summed E-state index contributed by atoms with van der Waals surface area (Å²) in [6.07, 6.45) is 1.35. The quantitative estimate of drug-likeness (QED) is 0.851. The molecular formula is C14H20N4O3S2. The summed E-state index contributed by atoms with van der Waals surface area (Å²) in [5.74, 6) is 0.463. The zero-order valence-corrected chi connectivity index (χ0v) is 15.6. The van der Waals surface area contributed by atoms with E-state index < -0.39 is 17.7 Å². The maximum Gasteiger partial charge on any atom is 0.408 e. The minimum atomic E-state index is -0.585. The van der Waals surface area contributed by atoms with Gasteiger partial charge in [-0.2, -0.15) is 0 Å². The molecule has 0 aliphatic heterocycles. The Morgan fingerprint density at radius 2 is 2.04 bits per heavy atom. The number of alkyl carbamates (subject to hydrolysis) is 1. The van der Waals surface area contributed by atoms with E-state index in [0.717, 1.165) is 4.34 Å². The first kappa shape index (κ1) is 17.7. The van der Waals surface area contributed by atoms with Gasteiger partial charge < -0.3 is 10.1 Å². The van der Waals surface area contributed by atoms with E-state index in [1.165, 1.54) is 27.7 Å². The molecule has 126 valence electrons. The predicted octanol–water partition coefficient (Wildman–Crippen LogP) is 2.70. The van der Waals surface area contributed by atoms with Gasteiger partial charge in [-0.3, -0.25) is 9.36 Å². The predicted molar refractivity (Wildman–Crippen MR) is 92.2 cm³/mol. The van der Waals surface area contributed by atoms with Crippen LogP contribution in [0.3, 0.4) is 0 Å². The van der Waals surface area contributed by atoms with Crippen LogP contribution < -0.4 is 10.9 Å². The maximum absolute atomic E-state index is 12.4. The molecule has 0 aromatic carbocycles. The largest absolute Gasteiger partial charge is 0.444 e. The SMILES string of the molecule is CSc1nc2c(=O)n(C)c([C@@H](C)NC(=O)OC(C)(C)C)nc2s1. The zero-order valence-electron chi connectivity index (χ0n) is 14.0. The highest BCUT2D eigenvalue weighted by Gasteiger charge is 2.22. The fraction of sp³-hybridized carbons (Fsp3) is 0.571. The van der Waals surface area contributed by atoms with E-state index in [-0.39, 0.29) is 5.56 Å². The maximum atomic E-state index is 12.4. The minimum absolute atomic E-state index is 0.223. The molecule has 2 aromatic heterocycles. The highest BCUT2D eigenvalue weighted by molar-refractivity contribution is 8.00. The van der Waals surface area contributed by atoms with Gasteiger partial charge in [0, 0.05) is 7.05 Å². The Kier molecular flexibility index (Phi) is 5.00. The Morgan fingerprint density at radius 1 is 1.39 bits per heavy atom. The van der Waals surface area contributed by atoms with Crippen LogP contribution >= 0.6 is 23.1 Å². The van der Waals surface area contributed by atoms with Crippen LogP contribution in [-0.4, -0.2) is 32.5 Å². The number of rotatable bonds is 3. The summed E-state index contributed by atoms with van der Waals surface area (Å²) in [7, 11) is 1.62. The number of hydrogen-bond acceptors (Lipinski definition) is 7.